The molecule has 2 aliphatic heterocycles. The van der Waals surface area contributed by atoms with E-state index in [4.69, 9.17) is 4.74 Å². The fourth-order valence-electron chi connectivity index (χ4n) is 4.48. The maximum absolute atomic E-state index is 11.5. The van der Waals surface area contributed by atoms with Crippen molar-refractivity contribution in [3.8, 4) is 5.75 Å². The SMILES string of the molecule is CCc1cccc(C2CCN(CCCOc3ccc4c(c3)CCC(=O)N4)CC2)c1. The summed E-state index contributed by atoms with van der Waals surface area (Å²) >= 11 is 0. The van der Waals surface area contributed by atoms with E-state index in [1.54, 1.807) is 0 Å². The molecule has 154 valence electrons. The van der Waals surface area contributed by atoms with Crippen LogP contribution in [-0.2, 0) is 17.6 Å². The van der Waals surface area contributed by atoms with Gasteiger partial charge in [0.2, 0.25) is 5.91 Å². The van der Waals surface area contributed by atoms with E-state index in [1.165, 1.54) is 42.6 Å². The molecular formula is C25H32N2O2. The fourth-order valence-corrected chi connectivity index (χ4v) is 4.48. The van der Waals surface area contributed by atoms with E-state index in [2.05, 4.69) is 47.5 Å². The molecule has 2 aromatic rings. The third-order valence-electron chi connectivity index (χ3n) is 6.28. The van der Waals surface area contributed by atoms with Gasteiger partial charge in [-0.3, -0.25) is 4.79 Å². The fraction of sp³-hybridized carbons (Fsp3) is 0.480. The molecule has 0 aliphatic carbocycles. The van der Waals surface area contributed by atoms with Crippen molar-refractivity contribution in [3.05, 3.63) is 59.2 Å². The number of aryl methyl sites for hydroxylation is 2. The van der Waals surface area contributed by atoms with Gasteiger partial charge in [0.25, 0.3) is 0 Å². The number of carbonyl (C=O) groups is 1. The molecule has 0 radical (unpaired) electrons. The number of hydrogen-bond donors (Lipinski definition) is 1. The number of amides is 1. The largest absolute Gasteiger partial charge is 0.494 e. The van der Waals surface area contributed by atoms with Gasteiger partial charge in [0.15, 0.2) is 0 Å². The van der Waals surface area contributed by atoms with Crippen molar-refractivity contribution in [2.75, 3.05) is 31.6 Å². The first-order valence-electron chi connectivity index (χ1n) is 11.1. The highest BCUT2D eigenvalue weighted by Gasteiger charge is 2.20. The molecule has 2 heterocycles. The van der Waals surface area contributed by atoms with Gasteiger partial charge in [-0.05, 0) is 86.0 Å². The Labute approximate surface area is 174 Å². The second-order valence-electron chi connectivity index (χ2n) is 8.28. The van der Waals surface area contributed by atoms with Gasteiger partial charge >= 0.3 is 0 Å². The number of fused-ring (bicyclic) bond motifs is 1. The molecule has 4 nitrogen and oxygen atoms in total. The lowest BCUT2D eigenvalue weighted by Crippen LogP contribution is -2.34. The van der Waals surface area contributed by atoms with E-state index in [0.717, 1.165) is 43.9 Å². The van der Waals surface area contributed by atoms with E-state index in [-0.39, 0.29) is 5.91 Å². The molecule has 29 heavy (non-hydrogen) atoms. The Bertz CT molecular complexity index is 840. The van der Waals surface area contributed by atoms with Gasteiger partial charge in [0.05, 0.1) is 6.61 Å². The Kier molecular flexibility index (Phi) is 6.50. The molecule has 0 atom stereocenters. The lowest BCUT2D eigenvalue weighted by molar-refractivity contribution is -0.116. The highest BCUT2D eigenvalue weighted by Crippen LogP contribution is 2.29. The van der Waals surface area contributed by atoms with Gasteiger partial charge in [-0.2, -0.15) is 0 Å². The summed E-state index contributed by atoms with van der Waals surface area (Å²) in [6.07, 6.45) is 6.04. The minimum atomic E-state index is 0.105. The van der Waals surface area contributed by atoms with Crippen molar-refractivity contribution in [2.45, 2.75) is 51.4 Å². The smallest absolute Gasteiger partial charge is 0.224 e. The molecule has 4 heteroatoms. The number of nitrogens with zero attached hydrogens (tertiary/aromatic N) is 1. The van der Waals surface area contributed by atoms with Crippen molar-refractivity contribution in [3.63, 3.8) is 0 Å². The highest BCUT2D eigenvalue weighted by molar-refractivity contribution is 5.93. The number of benzene rings is 2. The molecular weight excluding hydrogens is 360 g/mol. The molecule has 2 aliphatic rings. The van der Waals surface area contributed by atoms with Crippen LogP contribution in [0.4, 0.5) is 5.69 Å². The van der Waals surface area contributed by atoms with Crippen molar-refractivity contribution in [1.82, 2.24) is 4.90 Å². The molecule has 0 spiro atoms. The Morgan fingerprint density at radius 3 is 2.79 bits per heavy atom. The van der Waals surface area contributed by atoms with Gasteiger partial charge < -0.3 is 15.0 Å². The van der Waals surface area contributed by atoms with Crippen LogP contribution in [0.15, 0.2) is 42.5 Å². The number of likely N-dealkylation sites (tertiary alicyclic amines) is 1. The van der Waals surface area contributed by atoms with Crippen LogP contribution in [0.25, 0.3) is 0 Å². The molecule has 1 fully saturated rings. The van der Waals surface area contributed by atoms with Crippen LogP contribution in [0.3, 0.4) is 0 Å². The highest BCUT2D eigenvalue weighted by atomic mass is 16.5. The number of carbonyl (C=O) groups excluding carboxylic acids is 1. The number of nitrogens with one attached hydrogen (secondary N) is 1. The number of piperidine rings is 1. The van der Waals surface area contributed by atoms with Gasteiger partial charge in [0.1, 0.15) is 5.75 Å². The van der Waals surface area contributed by atoms with Gasteiger partial charge in [-0.25, -0.2) is 0 Å². The van der Waals surface area contributed by atoms with Crippen LogP contribution < -0.4 is 10.1 Å². The standard InChI is InChI=1S/C25H32N2O2/c1-2-19-5-3-6-21(17-19)20-11-14-27(15-12-20)13-4-16-29-23-8-9-24-22(18-23)7-10-25(28)26-24/h3,5-6,8-9,17-18,20H,2,4,7,10-16H2,1H3,(H,26,28). The first-order chi connectivity index (χ1) is 14.2. The van der Waals surface area contributed by atoms with E-state index in [9.17, 15) is 4.79 Å². The van der Waals surface area contributed by atoms with Crippen molar-refractivity contribution in [2.24, 2.45) is 0 Å². The average molecular weight is 393 g/mol. The summed E-state index contributed by atoms with van der Waals surface area (Å²) in [5.41, 5.74) is 5.08. The summed E-state index contributed by atoms with van der Waals surface area (Å²) in [6.45, 7) is 6.43. The first-order valence-corrected chi connectivity index (χ1v) is 11.1. The summed E-state index contributed by atoms with van der Waals surface area (Å²) in [6, 6.07) is 15.1. The Hall–Kier alpha value is -2.33. The van der Waals surface area contributed by atoms with Crippen LogP contribution in [0.1, 0.15) is 55.2 Å². The predicted molar refractivity (Wildman–Crippen MR) is 118 cm³/mol. The topological polar surface area (TPSA) is 41.6 Å². The maximum atomic E-state index is 11.5. The van der Waals surface area contributed by atoms with Crippen LogP contribution in [0.5, 0.6) is 5.75 Å². The Balaban J connectivity index is 1.18. The summed E-state index contributed by atoms with van der Waals surface area (Å²) < 4.78 is 5.97. The minimum absolute atomic E-state index is 0.105. The molecule has 1 N–H and O–H groups in total. The van der Waals surface area contributed by atoms with Gasteiger partial charge in [-0.1, -0.05) is 31.2 Å². The normalized spacial score (nSPS) is 17.6. The number of anilines is 1. The predicted octanol–water partition coefficient (Wildman–Crippen LogP) is 4.78. The monoisotopic (exact) mass is 392 g/mol. The number of rotatable bonds is 7. The lowest BCUT2D eigenvalue weighted by Gasteiger charge is -2.32. The molecule has 2 aromatic carbocycles. The molecule has 0 aromatic heterocycles. The summed E-state index contributed by atoms with van der Waals surface area (Å²) in [5, 5.41) is 2.92. The molecule has 0 saturated carbocycles. The lowest BCUT2D eigenvalue weighted by atomic mass is 9.88. The third kappa shape index (κ3) is 5.18. The van der Waals surface area contributed by atoms with Crippen molar-refractivity contribution in [1.29, 1.82) is 0 Å². The zero-order valence-corrected chi connectivity index (χ0v) is 17.5. The van der Waals surface area contributed by atoms with Crippen LogP contribution in [0.2, 0.25) is 0 Å². The second kappa shape index (κ2) is 9.45. The summed E-state index contributed by atoms with van der Waals surface area (Å²) in [5.74, 6) is 1.73. The zero-order chi connectivity index (χ0) is 20.1. The minimum Gasteiger partial charge on any atom is -0.494 e. The van der Waals surface area contributed by atoms with E-state index in [1.807, 2.05) is 12.1 Å². The molecule has 1 amide bonds. The van der Waals surface area contributed by atoms with E-state index < -0.39 is 0 Å². The van der Waals surface area contributed by atoms with Crippen LogP contribution in [0, 0.1) is 0 Å². The quantitative estimate of drug-likeness (QED) is 0.690. The van der Waals surface area contributed by atoms with Crippen molar-refractivity contribution >= 4 is 11.6 Å². The van der Waals surface area contributed by atoms with Crippen LogP contribution >= 0.6 is 0 Å². The molecule has 0 unspecified atom stereocenters. The van der Waals surface area contributed by atoms with E-state index in [0.29, 0.717) is 12.3 Å². The Morgan fingerprint density at radius 2 is 1.97 bits per heavy atom. The Morgan fingerprint density at radius 1 is 1.10 bits per heavy atom. The average Bonchev–Trinajstić information content (AvgIpc) is 2.77. The second-order valence-corrected chi connectivity index (χ2v) is 8.28. The number of ether oxygens (including phenoxy) is 1. The molecule has 4 rings (SSSR count). The summed E-state index contributed by atoms with van der Waals surface area (Å²) in [7, 11) is 0. The van der Waals surface area contributed by atoms with Crippen molar-refractivity contribution < 1.29 is 9.53 Å². The van der Waals surface area contributed by atoms with Crippen LogP contribution in [-0.4, -0.2) is 37.0 Å². The van der Waals surface area contributed by atoms with Gasteiger partial charge in [0, 0.05) is 18.7 Å². The third-order valence-corrected chi connectivity index (χ3v) is 6.28. The molecule has 0 bridgehead atoms. The zero-order valence-electron chi connectivity index (χ0n) is 17.5. The van der Waals surface area contributed by atoms with Gasteiger partial charge in [-0.15, -0.1) is 0 Å². The van der Waals surface area contributed by atoms with E-state index >= 15 is 0 Å². The maximum Gasteiger partial charge on any atom is 0.224 e. The summed E-state index contributed by atoms with van der Waals surface area (Å²) in [4.78, 5) is 14.0. The first kappa shape index (κ1) is 20.0. The number of hydrogen-bond acceptors (Lipinski definition) is 3. The molecule has 1 saturated heterocycles.